The van der Waals surface area contributed by atoms with E-state index in [9.17, 15) is 18.8 Å². The molecule has 0 spiro atoms. The quantitative estimate of drug-likeness (QED) is 0.551. The molecule has 3 aromatic rings. The Morgan fingerprint density at radius 3 is 2.27 bits per heavy atom. The van der Waals surface area contributed by atoms with Crippen LogP contribution in [-0.4, -0.2) is 30.7 Å². The maximum Gasteiger partial charge on any atom is 0.338 e. The number of rotatable bonds is 4. The van der Waals surface area contributed by atoms with E-state index in [0.29, 0.717) is 31.7 Å². The Kier molecular flexibility index (Phi) is 6.06. The number of carbonyl (C=O) groups is 2. The molecule has 168 valence electrons. The van der Waals surface area contributed by atoms with Gasteiger partial charge in [0, 0.05) is 0 Å². The summed E-state index contributed by atoms with van der Waals surface area (Å²) in [5, 5.41) is 0. The minimum atomic E-state index is -0.796. The number of methoxy groups -OCH3 is 2. The van der Waals surface area contributed by atoms with Crippen molar-refractivity contribution in [3.05, 3.63) is 102 Å². The first-order chi connectivity index (χ1) is 15.8. The van der Waals surface area contributed by atoms with Gasteiger partial charge in [-0.1, -0.05) is 35.6 Å². The molecule has 2 heterocycles. The molecule has 1 aliphatic rings. The Bertz CT molecular complexity index is 1450. The first kappa shape index (κ1) is 22.3. The van der Waals surface area contributed by atoms with Gasteiger partial charge in [-0.2, -0.15) is 0 Å². The summed E-state index contributed by atoms with van der Waals surface area (Å²) >= 11 is 1.17. The Morgan fingerprint density at radius 1 is 1.03 bits per heavy atom. The van der Waals surface area contributed by atoms with Gasteiger partial charge in [0.05, 0.1) is 41.6 Å². The van der Waals surface area contributed by atoms with Crippen molar-refractivity contribution in [3.8, 4) is 0 Å². The zero-order valence-electron chi connectivity index (χ0n) is 18.0. The number of fused-ring (bicyclic) bond motifs is 1. The van der Waals surface area contributed by atoms with Gasteiger partial charge in [0.25, 0.3) is 5.56 Å². The van der Waals surface area contributed by atoms with Crippen LogP contribution in [-0.2, 0) is 14.3 Å². The normalized spacial score (nSPS) is 15.6. The summed E-state index contributed by atoms with van der Waals surface area (Å²) in [6.45, 7) is 1.68. The van der Waals surface area contributed by atoms with Crippen molar-refractivity contribution < 1.29 is 23.5 Å². The fourth-order valence-corrected chi connectivity index (χ4v) is 4.68. The van der Waals surface area contributed by atoms with E-state index in [0.717, 1.165) is 0 Å². The number of allylic oxidation sites excluding steroid dienone is 1. The highest BCUT2D eigenvalue weighted by Crippen LogP contribution is 2.30. The highest BCUT2D eigenvalue weighted by Gasteiger charge is 2.33. The van der Waals surface area contributed by atoms with E-state index in [2.05, 4.69) is 4.99 Å². The molecule has 0 fully saturated rings. The third-order valence-corrected chi connectivity index (χ3v) is 6.23. The number of thiazole rings is 1. The van der Waals surface area contributed by atoms with Crippen LogP contribution < -0.4 is 14.9 Å². The van der Waals surface area contributed by atoms with E-state index in [1.54, 1.807) is 49.4 Å². The van der Waals surface area contributed by atoms with Crippen molar-refractivity contribution in [2.24, 2.45) is 4.99 Å². The van der Waals surface area contributed by atoms with Crippen LogP contribution in [0.15, 0.2) is 69.6 Å². The molecule has 33 heavy (non-hydrogen) atoms. The van der Waals surface area contributed by atoms with E-state index < -0.39 is 18.0 Å². The standard InChI is InChI=1S/C24H19FN2O5S/c1-13-19(23(30)32-3)20(15-6-8-16(9-7-15)22(29)31-2)27-21(28)18(33-24(27)26-13)12-14-4-10-17(25)11-5-14/h4-12,20H,1-3H3/b18-12-/t20-/m1/s1. The smallest absolute Gasteiger partial charge is 0.338 e. The molecule has 0 saturated carbocycles. The monoisotopic (exact) mass is 466 g/mol. The van der Waals surface area contributed by atoms with Crippen molar-refractivity contribution in [3.63, 3.8) is 0 Å². The fourth-order valence-electron chi connectivity index (χ4n) is 3.64. The molecule has 7 nitrogen and oxygen atoms in total. The van der Waals surface area contributed by atoms with E-state index in [4.69, 9.17) is 9.47 Å². The average molecular weight is 466 g/mol. The van der Waals surface area contributed by atoms with Gasteiger partial charge in [-0.05, 0) is 48.4 Å². The Morgan fingerprint density at radius 2 is 1.67 bits per heavy atom. The molecule has 0 amide bonds. The first-order valence-electron chi connectivity index (χ1n) is 9.88. The summed E-state index contributed by atoms with van der Waals surface area (Å²) in [5.41, 5.74) is 1.91. The molecule has 0 aliphatic carbocycles. The Balaban J connectivity index is 1.92. The number of aromatic nitrogens is 1. The van der Waals surface area contributed by atoms with Gasteiger partial charge in [-0.25, -0.2) is 19.0 Å². The number of benzene rings is 2. The van der Waals surface area contributed by atoms with Gasteiger partial charge in [0.1, 0.15) is 5.82 Å². The summed E-state index contributed by atoms with van der Waals surface area (Å²) in [6.07, 6.45) is 1.65. The molecule has 1 aromatic heterocycles. The molecular weight excluding hydrogens is 447 g/mol. The molecule has 0 bridgehead atoms. The molecule has 9 heteroatoms. The SMILES string of the molecule is COC(=O)C1=C(C)N=c2s/c(=C\c3ccc(F)cc3)c(=O)n2[C@@H]1c1ccc(C(=O)OC)cc1. The molecule has 1 atom stereocenters. The predicted molar refractivity (Wildman–Crippen MR) is 120 cm³/mol. The zero-order chi connectivity index (χ0) is 23.7. The highest BCUT2D eigenvalue weighted by atomic mass is 32.1. The van der Waals surface area contributed by atoms with Crippen molar-refractivity contribution >= 4 is 29.4 Å². The summed E-state index contributed by atoms with van der Waals surface area (Å²) < 4.78 is 24.8. The lowest BCUT2D eigenvalue weighted by Crippen LogP contribution is -2.39. The third-order valence-electron chi connectivity index (χ3n) is 5.24. The van der Waals surface area contributed by atoms with Gasteiger partial charge < -0.3 is 9.47 Å². The molecule has 1 aliphatic heterocycles. The number of hydrogen-bond donors (Lipinski definition) is 0. The third kappa shape index (κ3) is 4.14. The van der Waals surface area contributed by atoms with Crippen LogP contribution in [0, 0.1) is 5.82 Å². The zero-order valence-corrected chi connectivity index (χ0v) is 18.8. The summed E-state index contributed by atoms with van der Waals surface area (Å²) in [7, 11) is 2.55. The van der Waals surface area contributed by atoms with E-state index >= 15 is 0 Å². The van der Waals surface area contributed by atoms with Crippen LogP contribution in [0.25, 0.3) is 6.08 Å². The Hall–Kier alpha value is -3.85. The van der Waals surface area contributed by atoms with E-state index in [-0.39, 0.29) is 16.9 Å². The van der Waals surface area contributed by atoms with Crippen LogP contribution >= 0.6 is 11.3 Å². The number of hydrogen-bond acceptors (Lipinski definition) is 7. The largest absolute Gasteiger partial charge is 0.466 e. The molecule has 0 N–H and O–H groups in total. The highest BCUT2D eigenvalue weighted by molar-refractivity contribution is 7.07. The van der Waals surface area contributed by atoms with Gasteiger partial charge in [-0.3, -0.25) is 9.36 Å². The minimum absolute atomic E-state index is 0.226. The Labute approximate surface area is 191 Å². The van der Waals surface area contributed by atoms with Gasteiger partial charge in [0.15, 0.2) is 4.80 Å². The van der Waals surface area contributed by atoms with E-state index in [1.165, 1.54) is 42.3 Å². The maximum atomic E-state index is 13.4. The predicted octanol–water partition coefficient (Wildman–Crippen LogP) is 2.33. The van der Waals surface area contributed by atoms with E-state index in [1.807, 2.05) is 0 Å². The van der Waals surface area contributed by atoms with Gasteiger partial charge >= 0.3 is 11.9 Å². The molecule has 0 saturated heterocycles. The number of carbonyl (C=O) groups excluding carboxylic acids is 2. The van der Waals surface area contributed by atoms with Crippen molar-refractivity contribution in [2.75, 3.05) is 14.2 Å². The summed E-state index contributed by atoms with van der Waals surface area (Å²) in [6, 6.07) is 11.4. The second-order valence-electron chi connectivity index (χ2n) is 7.24. The van der Waals surface area contributed by atoms with Crippen LogP contribution in [0.2, 0.25) is 0 Å². The second-order valence-corrected chi connectivity index (χ2v) is 8.25. The number of esters is 2. The molecule has 0 unspecified atom stereocenters. The van der Waals surface area contributed by atoms with Gasteiger partial charge in [0.2, 0.25) is 0 Å². The summed E-state index contributed by atoms with van der Waals surface area (Å²) in [4.78, 5) is 42.8. The topological polar surface area (TPSA) is 87.0 Å². The molecule has 4 rings (SSSR count). The number of nitrogens with zero attached hydrogens (tertiary/aromatic N) is 2. The lowest BCUT2D eigenvalue weighted by molar-refractivity contribution is -0.136. The fraction of sp³-hybridized carbons (Fsp3) is 0.167. The van der Waals surface area contributed by atoms with Crippen LogP contribution in [0.3, 0.4) is 0 Å². The lowest BCUT2D eigenvalue weighted by atomic mass is 9.95. The van der Waals surface area contributed by atoms with Crippen molar-refractivity contribution in [1.82, 2.24) is 4.57 Å². The van der Waals surface area contributed by atoms with Gasteiger partial charge in [-0.15, -0.1) is 0 Å². The number of ether oxygens (including phenoxy) is 2. The van der Waals surface area contributed by atoms with Crippen LogP contribution in [0.4, 0.5) is 4.39 Å². The minimum Gasteiger partial charge on any atom is -0.466 e. The molecule has 0 radical (unpaired) electrons. The van der Waals surface area contributed by atoms with Crippen LogP contribution in [0.1, 0.15) is 34.5 Å². The molecular formula is C24H19FN2O5S. The maximum absolute atomic E-state index is 13.4. The van der Waals surface area contributed by atoms with Crippen LogP contribution in [0.5, 0.6) is 0 Å². The average Bonchev–Trinajstić information content (AvgIpc) is 3.13. The first-order valence-corrected chi connectivity index (χ1v) is 10.7. The second kappa shape index (κ2) is 8.95. The summed E-state index contributed by atoms with van der Waals surface area (Å²) in [5.74, 6) is -1.47. The van der Waals surface area contributed by atoms with Crippen molar-refractivity contribution in [2.45, 2.75) is 13.0 Å². The molecule has 2 aromatic carbocycles. The number of halogens is 1. The van der Waals surface area contributed by atoms with Crippen molar-refractivity contribution in [1.29, 1.82) is 0 Å². The lowest BCUT2D eigenvalue weighted by Gasteiger charge is -2.24.